The number of ether oxygens (including phenoxy) is 1. The zero-order valence-electron chi connectivity index (χ0n) is 7.12. The van der Waals surface area contributed by atoms with Crippen LogP contribution < -0.4 is 0 Å². The molecule has 0 N–H and O–H groups in total. The molecule has 0 bridgehead atoms. The largest absolute Gasteiger partial charge is 0.399 e. The Morgan fingerprint density at radius 3 is 2.82 bits per heavy atom. The van der Waals surface area contributed by atoms with Crippen molar-refractivity contribution in [1.82, 2.24) is 0 Å². The molecule has 1 aliphatic carbocycles. The molecular formula is C8H15NO2. The molecule has 0 aromatic heterocycles. The van der Waals surface area contributed by atoms with Gasteiger partial charge in [0.1, 0.15) is 7.11 Å². The molecule has 1 saturated carbocycles. The van der Waals surface area contributed by atoms with Crippen LogP contribution in [0.1, 0.15) is 19.8 Å². The molecule has 1 fully saturated rings. The molecule has 0 unspecified atom stereocenters. The van der Waals surface area contributed by atoms with E-state index in [1.807, 2.05) is 13.1 Å². The van der Waals surface area contributed by atoms with Gasteiger partial charge in [-0.1, -0.05) is 5.16 Å². The molecule has 1 rings (SSSR count). The lowest BCUT2D eigenvalue weighted by Gasteiger charge is -2.31. The molecule has 0 aromatic rings. The first-order chi connectivity index (χ1) is 5.36. The van der Waals surface area contributed by atoms with E-state index in [-0.39, 0.29) is 0 Å². The molecule has 0 atom stereocenters. The van der Waals surface area contributed by atoms with Gasteiger partial charge in [-0.2, -0.15) is 0 Å². The van der Waals surface area contributed by atoms with Crippen molar-refractivity contribution in [3.63, 3.8) is 0 Å². The van der Waals surface area contributed by atoms with E-state index in [2.05, 4.69) is 9.99 Å². The molecule has 0 amide bonds. The molecule has 0 aromatic carbocycles. The van der Waals surface area contributed by atoms with Gasteiger partial charge in [-0.3, -0.25) is 0 Å². The van der Waals surface area contributed by atoms with E-state index in [1.165, 1.54) is 0 Å². The van der Waals surface area contributed by atoms with Gasteiger partial charge in [-0.25, -0.2) is 0 Å². The summed E-state index contributed by atoms with van der Waals surface area (Å²) in [5, 5.41) is 3.71. The Balaban J connectivity index is 2.04. The van der Waals surface area contributed by atoms with E-state index in [9.17, 15) is 0 Å². The molecule has 0 aliphatic heterocycles. The fraction of sp³-hybridized carbons (Fsp3) is 0.875. The second-order valence-corrected chi connectivity index (χ2v) is 2.75. The maximum absolute atomic E-state index is 5.39. The Hall–Kier alpha value is -0.570. The number of oxime groups is 1. The van der Waals surface area contributed by atoms with Crippen LogP contribution in [0.25, 0.3) is 0 Å². The van der Waals surface area contributed by atoms with Crippen LogP contribution in [0.15, 0.2) is 5.16 Å². The Kier molecular flexibility index (Phi) is 3.36. The van der Waals surface area contributed by atoms with Crippen LogP contribution >= 0.6 is 0 Å². The van der Waals surface area contributed by atoms with Crippen molar-refractivity contribution in [2.24, 2.45) is 11.1 Å². The van der Waals surface area contributed by atoms with Crippen LogP contribution in [0.2, 0.25) is 0 Å². The van der Waals surface area contributed by atoms with Gasteiger partial charge in [-0.15, -0.1) is 0 Å². The van der Waals surface area contributed by atoms with E-state index in [4.69, 9.17) is 4.74 Å². The van der Waals surface area contributed by atoms with Crippen molar-refractivity contribution in [1.29, 1.82) is 0 Å². The van der Waals surface area contributed by atoms with E-state index < -0.39 is 0 Å². The first-order valence-electron chi connectivity index (χ1n) is 4.05. The standard InChI is InChI=1S/C8H15NO2/c1-3-11-8-4-7(5-8)6-9-10-2/h6-8H,3-5H2,1-2H3/b9-6+. The van der Waals surface area contributed by atoms with Gasteiger partial charge in [0.25, 0.3) is 0 Å². The molecule has 1 aliphatic rings. The number of rotatable bonds is 4. The Morgan fingerprint density at radius 1 is 1.55 bits per heavy atom. The zero-order valence-corrected chi connectivity index (χ0v) is 7.12. The summed E-state index contributed by atoms with van der Waals surface area (Å²) in [6.07, 6.45) is 4.52. The molecule has 3 heteroatoms. The summed E-state index contributed by atoms with van der Waals surface area (Å²) >= 11 is 0. The Labute approximate surface area is 67.4 Å². The highest BCUT2D eigenvalue weighted by Crippen LogP contribution is 2.28. The molecule has 0 radical (unpaired) electrons. The monoisotopic (exact) mass is 157 g/mol. The summed E-state index contributed by atoms with van der Waals surface area (Å²) < 4.78 is 5.39. The predicted octanol–water partition coefficient (Wildman–Crippen LogP) is 1.43. The molecule has 0 spiro atoms. The molecule has 0 heterocycles. The van der Waals surface area contributed by atoms with Gasteiger partial charge < -0.3 is 9.57 Å². The van der Waals surface area contributed by atoms with Gasteiger partial charge in [0, 0.05) is 18.7 Å². The quantitative estimate of drug-likeness (QED) is 0.456. The van der Waals surface area contributed by atoms with Gasteiger partial charge in [0.15, 0.2) is 0 Å². The Bertz CT molecular complexity index is 130. The molecular weight excluding hydrogens is 142 g/mol. The van der Waals surface area contributed by atoms with Crippen LogP contribution in [-0.4, -0.2) is 26.0 Å². The summed E-state index contributed by atoms with van der Waals surface area (Å²) in [4.78, 5) is 4.57. The minimum absolute atomic E-state index is 0.466. The summed E-state index contributed by atoms with van der Waals surface area (Å²) in [7, 11) is 1.56. The fourth-order valence-electron chi connectivity index (χ4n) is 1.25. The van der Waals surface area contributed by atoms with Gasteiger partial charge in [0.2, 0.25) is 0 Å². The maximum atomic E-state index is 5.39. The average molecular weight is 157 g/mol. The highest BCUT2D eigenvalue weighted by Gasteiger charge is 2.27. The minimum Gasteiger partial charge on any atom is -0.399 e. The van der Waals surface area contributed by atoms with Crippen LogP contribution in [0, 0.1) is 5.92 Å². The molecule has 3 nitrogen and oxygen atoms in total. The summed E-state index contributed by atoms with van der Waals surface area (Å²) in [6.45, 7) is 2.84. The predicted molar refractivity (Wildman–Crippen MR) is 43.6 cm³/mol. The third kappa shape index (κ3) is 2.50. The van der Waals surface area contributed by atoms with Crippen molar-refractivity contribution >= 4 is 6.21 Å². The zero-order chi connectivity index (χ0) is 8.10. The number of nitrogens with zero attached hydrogens (tertiary/aromatic N) is 1. The lowest BCUT2D eigenvalue weighted by atomic mass is 9.83. The smallest absolute Gasteiger partial charge is 0.106 e. The minimum atomic E-state index is 0.466. The van der Waals surface area contributed by atoms with Crippen LogP contribution in [0.3, 0.4) is 0 Å². The summed E-state index contributed by atoms with van der Waals surface area (Å²) in [6, 6.07) is 0. The number of hydrogen-bond donors (Lipinski definition) is 0. The average Bonchev–Trinajstić information content (AvgIpc) is 1.94. The topological polar surface area (TPSA) is 30.8 Å². The second-order valence-electron chi connectivity index (χ2n) is 2.75. The Morgan fingerprint density at radius 2 is 2.27 bits per heavy atom. The van der Waals surface area contributed by atoms with Gasteiger partial charge >= 0.3 is 0 Å². The fourth-order valence-corrected chi connectivity index (χ4v) is 1.25. The normalized spacial score (nSPS) is 30.4. The van der Waals surface area contributed by atoms with E-state index >= 15 is 0 Å². The highest BCUT2D eigenvalue weighted by atomic mass is 16.6. The maximum Gasteiger partial charge on any atom is 0.106 e. The third-order valence-corrected chi connectivity index (χ3v) is 1.91. The SMILES string of the molecule is CCOC1CC(/C=N/OC)C1. The van der Waals surface area contributed by atoms with Crippen molar-refractivity contribution in [2.75, 3.05) is 13.7 Å². The highest BCUT2D eigenvalue weighted by molar-refractivity contribution is 5.61. The van der Waals surface area contributed by atoms with Crippen molar-refractivity contribution < 1.29 is 9.57 Å². The van der Waals surface area contributed by atoms with Crippen LogP contribution in [-0.2, 0) is 9.57 Å². The first kappa shape index (κ1) is 8.53. The van der Waals surface area contributed by atoms with Crippen LogP contribution in [0.5, 0.6) is 0 Å². The van der Waals surface area contributed by atoms with Crippen molar-refractivity contribution in [2.45, 2.75) is 25.9 Å². The first-order valence-corrected chi connectivity index (χ1v) is 4.05. The van der Waals surface area contributed by atoms with Crippen molar-refractivity contribution in [3.8, 4) is 0 Å². The van der Waals surface area contributed by atoms with Gasteiger partial charge in [0.05, 0.1) is 6.10 Å². The third-order valence-electron chi connectivity index (χ3n) is 1.91. The van der Waals surface area contributed by atoms with E-state index in [0.29, 0.717) is 12.0 Å². The van der Waals surface area contributed by atoms with Gasteiger partial charge in [-0.05, 0) is 19.8 Å². The number of hydrogen-bond acceptors (Lipinski definition) is 3. The summed E-state index contributed by atoms with van der Waals surface area (Å²) in [5.41, 5.74) is 0. The lowest BCUT2D eigenvalue weighted by Crippen LogP contribution is -2.32. The molecule has 11 heavy (non-hydrogen) atoms. The van der Waals surface area contributed by atoms with Crippen LogP contribution in [0.4, 0.5) is 0 Å². The van der Waals surface area contributed by atoms with E-state index in [0.717, 1.165) is 19.4 Å². The summed E-state index contributed by atoms with van der Waals surface area (Å²) in [5.74, 6) is 0.575. The molecule has 0 saturated heterocycles. The van der Waals surface area contributed by atoms with E-state index in [1.54, 1.807) is 7.11 Å². The second kappa shape index (κ2) is 4.34. The van der Waals surface area contributed by atoms with Crippen molar-refractivity contribution in [3.05, 3.63) is 0 Å². The molecule has 64 valence electrons. The lowest BCUT2D eigenvalue weighted by molar-refractivity contribution is -0.00605.